The van der Waals surface area contributed by atoms with Crippen LogP contribution >= 0.6 is 0 Å². The molecule has 0 unspecified atom stereocenters. The number of fused-ring (bicyclic) bond motifs is 5. The first kappa shape index (κ1) is 16.6. The summed E-state index contributed by atoms with van der Waals surface area (Å²) in [5.41, 5.74) is 0.0258. The van der Waals surface area contributed by atoms with E-state index >= 15 is 0 Å². The highest BCUT2D eigenvalue weighted by atomic mass is 16.4. The lowest BCUT2D eigenvalue weighted by Crippen LogP contribution is -2.58. The summed E-state index contributed by atoms with van der Waals surface area (Å²) in [5, 5.41) is 20.7. The minimum atomic E-state index is -1.52. The van der Waals surface area contributed by atoms with Crippen LogP contribution in [0.2, 0.25) is 0 Å². The monoisotopic (exact) mass is 332 g/mol. The molecule has 0 saturated heterocycles. The minimum Gasteiger partial charge on any atom is -0.479 e. The van der Waals surface area contributed by atoms with Gasteiger partial charge in [-0.2, -0.15) is 0 Å². The Morgan fingerprint density at radius 3 is 2.58 bits per heavy atom. The Kier molecular flexibility index (Phi) is 3.53. The lowest BCUT2D eigenvalue weighted by Gasteiger charge is -2.60. The zero-order valence-corrected chi connectivity index (χ0v) is 15.3. The third kappa shape index (κ3) is 1.85. The van der Waals surface area contributed by atoms with Crippen molar-refractivity contribution in [2.45, 2.75) is 77.7 Å². The SMILES string of the molecule is C[C@H]1C[C@@H]2[C@H](CC[C@@]3(C)[C@H]2CC[C@]3(O)C(=O)O)[C@@]2(C)CCCC=C12. The number of allylic oxidation sites excluding steroid dienone is 2. The Labute approximate surface area is 145 Å². The number of aliphatic carboxylic acids is 1. The standard InChI is InChI=1S/C21H32O3/c1-13-12-14-16(19(2)9-5-4-6-15(13)19)7-10-20(3)17(14)8-11-21(20,24)18(22)23/h6,13-14,16-17,24H,4-5,7-12H2,1-3H3,(H,22,23)/t13-,14+,16-,17-,19-,20-,21-/m0/s1. The van der Waals surface area contributed by atoms with Crippen molar-refractivity contribution < 1.29 is 15.0 Å². The first-order valence-electron chi connectivity index (χ1n) is 9.90. The zero-order chi connectivity index (χ0) is 17.3. The van der Waals surface area contributed by atoms with E-state index < -0.39 is 17.0 Å². The predicted octanol–water partition coefficient (Wildman–Crippen LogP) is 4.40. The maximum atomic E-state index is 11.8. The fraction of sp³-hybridized carbons (Fsp3) is 0.857. The molecule has 0 aromatic rings. The van der Waals surface area contributed by atoms with E-state index in [2.05, 4.69) is 26.8 Å². The second-order valence-electron chi connectivity index (χ2n) is 9.64. The van der Waals surface area contributed by atoms with E-state index in [1.807, 2.05) is 0 Å². The molecule has 3 saturated carbocycles. The summed E-state index contributed by atoms with van der Waals surface area (Å²) >= 11 is 0. The summed E-state index contributed by atoms with van der Waals surface area (Å²) in [6.45, 7) is 6.91. The van der Waals surface area contributed by atoms with Crippen LogP contribution in [0.5, 0.6) is 0 Å². The number of aliphatic hydroxyl groups is 1. The molecular weight excluding hydrogens is 300 g/mol. The molecule has 0 heterocycles. The fourth-order valence-electron chi connectivity index (χ4n) is 7.58. The maximum Gasteiger partial charge on any atom is 0.336 e. The number of carboxylic acid groups (broad SMARTS) is 1. The highest BCUT2D eigenvalue weighted by Gasteiger charge is 2.67. The average Bonchev–Trinajstić information content (AvgIpc) is 2.81. The average molecular weight is 332 g/mol. The Morgan fingerprint density at radius 2 is 1.88 bits per heavy atom. The van der Waals surface area contributed by atoms with Crippen molar-refractivity contribution in [3.05, 3.63) is 11.6 Å². The lowest BCUT2D eigenvalue weighted by atomic mass is 9.45. The van der Waals surface area contributed by atoms with Gasteiger partial charge in [0.1, 0.15) is 0 Å². The predicted molar refractivity (Wildman–Crippen MR) is 93.5 cm³/mol. The van der Waals surface area contributed by atoms with E-state index in [-0.39, 0.29) is 0 Å². The van der Waals surface area contributed by atoms with Crippen molar-refractivity contribution in [3.8, 4) is 0 Å². The first-order valence-corrected chi connectivity index (χ1v) is 9.90. The number of carbonyl (C=O) groups is 1. The number of carboxylic acids is 1. The van der Waals surface area contributed by atoms with Crippen LogP contribution in [0.4, 0.5) is 0 Å². The highest BCUT2D eigenvalue weighted by molar-refractivity contribution is 5.79. The molecule has 0 aromatic heterocycles. The van der Waals surface area contributed by atoms with Gasteiger partial charge in [0.05, 0.1) is 0 Å². The molecule has 3 heteroatoms. The summed E-state index contributed by atoms with van der Waals surface area (Å²) in [4.78, 5) is 11.8. The van der Waals surface area contributed by atoms with Gasteiger partial charge in [-0.05, 0) is 80.5 Å². The molecule has 3 fully saturated rings. The molecular formula is C21H32O3. The van der Waals surface area contributed by atoms with Gasteiger partial charge in [0.15, 0.2) is 5.60 Å². The van der Waals surface area contributed by atoms with Crippen LogP contribution in [0, 0.1) is 34.5 Å². The topological polar surface area (TPSA) is 57.5 Å². The van der Waals surface area contributed by atoms with Gasteiger partial charge in [-0.15, -0.1) is 0 Å². The molecule has 24 heavy (non-hydrogen) atoms. The van der Waals surface area contributed by atoms with Crippen LogP contribution in [0.25, 0.3) is 0 Å². The molecule has 4 rings (SSSR count). The van der Waals surface area contributed by atoms with Crippen molar-refractivity contribution in [1.29, 1.82) is 0 Å². The van der Waals surface area contributed by atoms with Crippen LogP contribution in [0.1, 0.15) is 72.1 Å². The van der Waals surface area contributed by atoms with Crippen LogP contribution < -0.4 is 0 Å². The number of hydrogen-bond donors (Lipinski definition) is 2. The van der Waals surface area contributed by atoms with E-state index in [4.69, 9.17) is 0 Å². The maximum absolute atomic E-state index is 11.8. The van der Waals surface area contributed by atoms with Gasteiger partial charge in [-0.25, -0.2) is 4.79 Å². The molecule has 0 radical (unpaired) electrons. The third-order valence-electron chi connectivity index (χ3n) is 8.84. The molecule has 0 aromatic carbocycles. The van der Waals surface area contributed by atoms with E-state index in [0.29, 0.717) is 35.5 Å². The van der Waals surface area contributed by atoms with Crippen LogP contribution in [0.15, 0.2) is 11.6 Å². The normalized spacial score (nSPS) is 53.6. The highest BCUT2D eigenvalue weighted by Crippen LogP contribution is 2.68. The molecule has 7 atom stereocenters. The fourth-order valence-corrected chi connectivity index (χ4v) is 7.58. The molecule has 134 valence electrons. The molecule has 2 N–H and O–H groups in total. The number of hydrogen-bond acceptors (Lipinski definition) is 2. The van der Waals surface area contributed by atoms with Gasteiger partial charge in [0.25, 0.3) is 0 Å². The lowest BCUT2D eigenvalue weighted by molar-refractivity contribution is -0.182. The van der Waals surface area contributed by atoms with Gasteiger partial charge in [0, 0.05) is 5.41 Å². The Hall–Kier alpha value is -0.830. The van der Waals surface area contributed by atoms with Gasteiger partial charge in [-0.3, -0.25) is 0 Å². The minimum absolute atomic E-state index is 0.311. The summed E-state index contributed by atoms with van der Waals surface area (Å²) in [7, 11) is 0. The van der Waals surface area contributed by atoms with Gasteiger partial charge >= 0.3 is 5.97 Å². The quantitative estimate of drug-likeness (QED) is 0.700. The van der Waals surface area contributed by atoms with Crippen molar-refractivity contribution in [2.24, 2.45) is 34.5 Å². The summed E-state index contributed by atoms with van der Waals surface area (Å²) in [6.07, 6.45) is 10.7. The zero-order valence-electron chi connectivity index (χ0n) is 15.3. The molecule has 4 aliphatic rings. The molecule has 0 amide bonds. The van der Waals surface area contributed by atoms with E-state index in [1.165, 1.54) is 25.7 Å². The Balaban J connectivity index is 1.73. The van der Waals surface area contributed by atoms with Gasteiger partial charge in [0.2, 0.25) is 0 Å². The third-order valence-corrected chi connectivity index (χ3v) is 8.84. The Bertz CT molecular complexity index is 596. The van der Waals surface area contributed by atoms with Gasteiger partial charge in [-0.1, -0.05) is 32.4 Å². The second kappa shape index (κ2) is 5.09. The summed E-state index contributed by atoms with van der Waals surface area (Å²) < 4.78 is 0. The van der Waals surface area contributed by atoms with E-state index in [1.54, 1.807) is 5.57 Å². The van der Waals surface area contributed by atoms with Crippen LogP contribution in [-0.2, 0) is 4.79 Å². The first-order chi connectivity index (χ1) is 11.2. The Morgan fingerprint density at radius 1 is 1.17 bits per heavy atom. The van der Waals surface area contributed by atoms with Crippen LogP contribution in [-0.4, -0.2) is 21.8 Å². The van der Waals surface area contributed by atoms with E-state index in [0.717, 1.165) is 19.3 Å². The van der Waals surface area contributed by atoms with Crippen LogP contribution in [0.3, 0.4) is 0 Å². The molecule has 0 aliphatic heterocycles. The number of rotatable bonds is 1. The van der Waals surface area contributed by atoms with Crippen molar-refractivity contribution in [1.82, 2.24) is 0 Å². The van der Waals surface area contributed by atoms with Crippen molar-refractivity contribution in [3.63, 3.8) is 0 Å². The van der Waals surface area contributed by atoms with Crippen molar-refractivity contribution in [2.75, 3.05) is 0 Å². The largest absolute Gasteiger partial charge is 0.479 e. The summed E-state index contributed by atoms with van der Waals surface area (Å²) in [5.74, 6) is 1.22. The van der Waals surface area contributed by atoms with E-state index in [9.17, 15) is 15.0 Å². The molecule has 3 nitrogen and oxygen atoms in total. The van der Waals surface area contributed by atoms with Gasteiger partial charge < -0.3 is 10.2 Å². The second-order valence-corrected chi connectivity index (χ2v) is 9.64. The smallest absolute Gasteiger partial charge is 0.336 e. The summed E-state index contributed by atoms with van der Waals surface area (Å²) in [6, 6.07) is 0. The molecule has 4 aliphatic carbocycles. The molecule has 0 bridgehead atoms. The van der Waals surface area contributed by atoms with Crippen molar-refractivity contribution >= 4 is 5.97 Å². The molecule has 0 spiro atoms.